The zero-order valence-corrected chi connectivity index (χ0v) is 19.6. The lowest BCUT2D eigenvalue weighted by atomic mass is 10.0. The van der Waals surface area contributed by atoms with Crippen LogP contribution in [-0.2, 0) is 0 Å². The standard InChI is InChI=1S/C24H33N5OS/c1-17(2)29-23-20(16-26-29)19(15-21(27-23)22-10-8-14-31-22)24(30)25-11-5-7-13-28-12-6-4-9-18(28)3/h8,10,14-18H,4-7,9,11-13H2,1-3H3,(H,25,30). The molecule has 3 aromatic rings. The van der Waals surface area contributed by atoms with Gasteiger partial charge in [-0.3, -0.25) is 4.79 Å². The maximum atomic E-state index is 13.1. The van der Waals surface area contributed by atoms with Crippen LogP contribution in [0.3, 0.4) is 0 Å². The molecule has 4 rings (SSSR count). The number of amides is 1. The average Bonchev–Trinajstić information content (AvgIpc) is 3.44. The molecule has 1 amide bonds. The molecule has 3 aromatic heterocycles. The van der Waals surface area contributed by atoms with Gasteiger partial charge in [-0.15, -0.1) is 11.3 Å². The van der Waals surface area contributed by atoms with Crippen LogP contribution in [0.5, 0.6) is 0 Å². The highest BCUT2D eigenvalue weighted by Gasteiger charge is 2.19. The normalized spacial score (nSPS) is 17.5. The number of nitrogens with one attached hydrogen (secondary N) is 1. The third-order valence-electron chi connectivity index (χ3n) is 6.17. The molecule has 1 N–H and O–H groups in total. The molecule has 4 heterocycles. The van der Waals surface area contributed by atoms with E-state index in [1.54, 1.807) is 17.5 Å². The van der Waals surface area contributed by atoms with Gasteiger partial charge in [0.1, 0.15) is 0 Å². The summed E-state index contributed by atoms with van der Waals surface area (Å²) in [6.45, 7) is 9.52. The smallest absolute Gasteiger partial charge is 0.252 e. The van der Waals surface area contributed by atoms with Gasteiger partial charge in [-0.1, -0.05) is 12.5 Å². The zero-order chi connectivity index (χ0) is 21.8. The summed E-state index contributed by atoms with van der Waals surface area (Å²) in [6, 6.07) is 6.83. The lowest BCUT2D eigenvalue weighted by Gasteiger charge is -2.33. The van der Waals surface area contributed by atoms with Crippen LogP contribution in [0.2, 0.25) is 0 Å². The summed E-state index contributed by atoms with van der Waals surface area (Å²) in [5.41, 5.74) is 2.25. The number of aromatic nitrogens is 3. The molecule has 1 unspecified atom stereocenters. The number of likely N-dealkylation sites (tertiary alicyclic amines) is 1. The Labute approximate surface area is 188 Å². The van der Waals surface area contributed by atoms with Crippen LogP contribution in [-0.4, -0.2) is 51.2 Å². The number of fused-ring (bicyclic) bond motifs is 1. The van der Waals surface area contributed by atoms with E-state index < -0.39 is 0 Å². The van der Waals surface area contributed by atoms with Crippen molar-refractivity contribution < 1.29 is 4.79 Å². The van der Waals surface area contributed by atoms with E-state index in [2.05, 4.69) is 36.1 Å². The molecule has 0 bridgehead atoms. The Morgan fingerprint density at radius 2 is 2.19 bits per heavy atom. The number of nitrogens with zero attached hydrogens (tertiary/aromatic N) is 4. The SMILES string of the molecule is CC1CCCCN1CCCCNC(=O)c1cc(-c2cccs2)nc2c1cnn2C(C)C. The predicted octanol–water partition coefficient (Wildman–Crippen LogP) is 5.13. The third-order valence-corrected chi connectivity index (χ3v) is 7.06. The van der Waals surface area contributed by atoms with Crippen LogP contribution in [0, 0.1) is 0 Å². The molecule has 1 aliphatic rings. The maximum Gasteiger partial charge on any atom is 0.252 e. The molecule has 6 nitrogen and oxygen atoms in total. The van der Waals surface area contributed by atoms with Gasteiger partial charge in [0.15, 0.2) is 5.65 Å². The van der Waals surface area contributed by atoms with Crippen LogP contribution in [0.15, 0.2) is 29.8 Å². The van der Waals surface area contributed by atoms with Crippen molar-refractivity contribution in [3.8, 4) is 10.6 Å². The minimum Gasteiger partial charge on any atom is -0.352 e. The van der Waals surface area contributed by atoms with E-state index in [4.69, 9.17) is 4.98 Å². The van der Waals surface area contributed by atoms with Crippen LogP contribution < -0.4 is 5.32 Å². The monoisotopic (exact) mass is 439 g/mol. The Morgan fingerprint density at radius 3 is 2.94 bits per heavy atom. The largest absolute Gasteiger partial charge is 0.352 e. The number of hydrogen-bond donors (Lipinski definition) is 1. The van der Waals surface area contributed by atoms with Crippen LogP contribution in [0.25, 0.3) is 21.6 Å². The molecule has 166 valence electrons. The van der Waals surface area contributed by atoms with Crippen LogP contribution in [0.1, 0.15) is 69.3 Å². The lowest BCUT2D eigenvalue weighted by molar-refractivity contribution is 0.0953. The molecule has 1 saturated heterocycles. The first-order valence-electron chi connectivity index (χ1n) is 11.5. The number of carbonyl (C=O) groups is 1. The Kier molecular flexibility index (Phi) is 7.02. The van der Waals surface area contributed by atoms with Gasteiger partial charge in [0.2, 0.25) is 0 Å². The highest BCUT2D eigenvalue weighted by atomic mass is 32.1. The summed E-state index contributed by atoms with van der Waals surface area (Å²) in [5.74, 6) is -0.0418. The van der Waals surface area contributed by atoms with Gasteiger partial charge in [-0.2, -0.15) is 5.10 Å². The molecule has 0 saturated carbocycles. The number of carbonyl (C=O) groups excluding carboxylic acids is 1. The quantitative estimate of drug-likeness (QED) is 0.495. The highest BCUT2D eigenvalue weighted by Crippen LogP contribution is 2.29. The number of pyridine rings is 1. The Balaban J connectivity index is 1.44. The van der Waals surface area contributed by atoms with E-state index in [0.29, 0.717) is 18.2 Å². The summed E-state index contributed by atoms with van der Waals surface area (Å²) in [4.78, 5) is 21.6. The zero-order valence-electron chi connectivity index (χ0n) is 18.8. The van der Waals surface area contributed by atoms with Gasteiger partial charge < -0.3 is 10.2 Å². The van der Waals surface area contributed by atoms with Crippen molar-refractivity contribution in [3.63, 3.8) is 0 Å². The second-order valence-corrected chi connectivity index (χ2v) is 9.74. The number of hydrogen-bond acceptors (Lipinski definition) is 5. The molecule has 1 aliphatic heterocycles. The Morgan fingerprint density at radius 1 is 1.32 bits per heavy atom. The summed E-state index contributed by atoms with van der Waals surface area (Å²) in [7, 11) is 0. The second kappa shape index (κ2) is 9.92. The van der Waals surface area contributed by atoms with E-state index in [0.717, 1.165) is 41.0 Å². The van der Waals surface area contributed by atoms with Gasteiger partial charge in [0.05, 0.1) is 27.7 Å². The van der Waals surface area contributed by atoms with Crippen molar-refractivity contribution >= 4 is 28.3 Å². The Bertz CT molecular complexity index is 1010. The highest BCUT2D eigenvalue weighted by molar-refractivity contribution is 7.13. The fourth-order valence-electron chi connectivity index (χ4n) is 4.36. The predicted molar refractivity (Wildman–Crippen MR) is 128 cm³/mol. The molecule has 1 fully saturated rings. The fraction of sp³-hybridized carbons (Fsp3) is 0.542. The lowest BCUT2D eigenvalue weighted by Crippen LogP contribution is -2.38. The molecule has 7 heteroatoms. The summed E-state index contributed by atoms with van der Waals surface area (Å²) >= 11 is 1.63. The molecular weight excluding hydrogens is 406 g/mol. The summed E-state index contributed by atoms with van der Waals surface area (Å²) in [6.07, 6.45) is 7.86. The number of thiophene rings is 1. The molecule has 31 heavy (non-hydrogen) atoms. The minimum atomic E-state index is -0.0418. The van der Waals surface area contributed by atoms with Crippen molar-refractivity contribution in [3.05, 3.63) is 35.3 Å². The maximum absolute atomic E-state index is 13.1. The van der Waals surface area contributed by atoms with Crippen molar-refractivity contribution in [2.24, 2.45) is 0 Å². The van der Waals surface area contributed by atoms with E-state index in [9.17, 15) is 4.79 Å². The van der Waals surface area contributed by atoms with E-state index in [-0.39, 0.29) is 11.9 Å². The van der Waals surface area contributed by atoms with Crippen molar-refractivity contribution in [1.29, 1.82) is 0 Å². The number of piperidine rings is 1. The van der Waals surface area contributed by atoms with Crippen molar-refractivity contribution in [2.75, 3.05) is 19.6 Å². The molecule has 1 atom stereocenters. The third kappa shape index (κ3) is 4.99. The number of unbranched alkanes of at least 4 members (excludes halogenated alkanes) is 1. The Hall–Kier alpha value is -2.25. The molecule has 0 radical (unpaired) electrons. The van der Waals surface area contributed by atoms with E-state index >= 15 is 0 Å². The van der Waals surface area contributed by atoms with Gasteiger partial charge in [-0.25, -0.2) is 9.67 Å². The van der Waals surface area contributed by atoms with Gasteiger partial charge in [-0.05, 0) is 77.1 Å². The average molecular weight is 440 g/mol. The van der Waals surface area contributed by atoms with Crippen LogP contribution >= 0.6 is 11.3 Å². The van der Waals surface area contributed by atoms with Crippen molar-refractivity contribution in [2.45, 2.75) is 65.0 Å². The van der Waals surface area contributed by atoms with Gasteiger partial charge in [0.25, 0.3) is 5.91 Å². The first-order valence-corrected chi connectivity index (χ1v) is 12.4. The molecule has 0 aromatic carbocycles. The topological polar surface area (TPSA) is 63.1 Å². The molecule has 0 spiro atoms. The first-order chi connectivity index (χ1) is 15.0. The van der Waals surface area contributed by atoms with E-state index in [1.807, 2.05) is 28.3 Å². The number of rotatable bonds is 8. The summed E-state index contributed by atoms with van der Waals surface area (Å²) < 4.78 is 1.89. The van der Waals surface area contributed by atoms with Gasteiger partial charge in [0, 0.05) is 18.6 Å². The van der Waals surface area contributed by atoms with Crippen LogP contribution in [0.4, 0.5) is 0 Å². The summed E-state index contributed by atoms with van der Waals surface area (Å²) in [5, 5.41) is 10.5. The molecular formula is C24H33N5OS. The van der Waals surface area contributed by atoms with E-state index in [1.165, 1.54) is 25.8 Å². The second-order valence-electron chi connectivity index (χ2n) is 8.80. The fourth-order valence-corrected chi connectivity index (χ4v) is 5.05. The molecule has 0 aliphatic carbocycles. The minimum absolute atomic E-state index is 0.0418. The van der Waals surface area contributed by atoms with Gasteiger partial charge >= 0.3 is 0 Å². The van der Waals surface area contributed by atoms with Crippen molar-refractivity contribution in [1.82, 2.24) is 25.0 Å². The first kappa shape index (κ1) is 22.0.